The van der Waals surface area contributed by atoms with E-state index >= 15 is 0 Å². The van der Waals surface area contributed by atoms with Gasteiger partial charge in [0, 0.05) is 16.9 Å². The van der Waals surface area contributed by atoms with Gasteiger partial charge in [0.15, 0.2) is 0 Å². The molecule has 1 unspecified atom stereocenters. The van der Waals surface area contributed by atoms with Crippen molar-refractivity contribution in [3.63, 3.8) is 0 Å². The fourth-order valence-electron chi connectivity index (χ4n) is 1.41. The highest BCUT2D eigenvalue weighted by atomic mass is 35.5. The maximum absolute atomic E-state index is 12.0. The van der Waals surface area contributed by atoms with Crippen molar-refractivity contribution in [2.75, 3.05) is 5.88 Å². The Labute approximate surface area is 112 Å². The first-order valence-electron chi connectivity index (χ1n) is 5.29. The Morgan fingerprint density at radius 3 is 2.71 bits per heavy atom. The smallest absolute Gasteiger partial charge is 0.208 e. The summed E-state index contributed by atoms with van der Waals surface area (Å²) in [4.78, 5) is 0.183. The molecule has 0 amide bonds. The largest absolute Gasteiger partial charge is 0.240 e. The van der Waals surface area contributed by atoms with Crippen LogP contribution in [-0.4, -0.2) is 20.3 Å². The number of hydrogen-bond acceptors (Lipinski definition) is 2. The van der Waals surface area contributed by atoms with Crippen LogP contribution in [0.15, 0.2) is 29.2 Å². The second-order valence-electron chi connectivity index (χ2n) is 3.81. The fourth-order valence-corrected chi connectivity index (χ4v) is 3.14. The summed E-state index contributed by atoms with van der Waals surface area (Å²) in [6.45, 7) is 1.81. The zero-order valence-corrected chi connectivity index (χ0v) is 11.8. The van der Waals surface area contributed by atoms with Crippen LogP contribution in [0.2, 0.25) is 5.02 Å². The number of rotatable bonds is 6. The van der Waals surface area contributed by atoms with E-state index in [9.17, 15) is 8.42 Å². The number of sulfonamides is 1. The van der Waals surface area contributed by atoms with Gasteiger partial charge in [-0.1, -0.05) is 17.7 Å². The molecular weight excluding hydrogens is 281 g/mol. The van der Waals surface area contributed by atoms with E-state index in [0.29, 0.717) is 17.3 Å². The van der Waals surface area contributed by atoms with E-state index in [4.69, 9.17) is 23.2 Å². The van der Waals surface area contributed by atoms with Gasteiger partial charge in [-0.15, -0.1) is 11.6 Å². The highest BCUT2D eigenvalue weighted by Crippen LogP contribution is 2.16. The number of benzene rings is 1. The predicted octanol–water partition coefficient (Wildman–Crippen LogP) is 3.03. The first-order chi connectivity index (χ1) is 7.95. The number of hydrogen-bond donors (Lipinski definition) is 1. The summed E-state index contributed by atoms with van der Waals surface area (Å²) in [6.07, 6.45) is 1.49. The summed E-state index contributed by atoms with van der Waals surface area (Å²) in [5.41, 5.74) is 0. The lowest BCUT2D eigenvalue weighted by Gasteiger charge is -2.13. The molecule has 0 aromatic heterocycles. The van der Waals surface area contributed by atoms with Crippen LogP contribution < -0.4 is 4.72 Å². The van der Waals surface area contributed by atoms with Gasteiger partial charge in [-0.3, -0.25) is 0 Å². The number of nitrogens with one attached hydrogen (secondary N) is 1. The Hall–Kier alpha value is -0.290. The van der Waals surface area contributed by atoms with Crippen molar-refractivity contribution in [3.05, 3.63) is 29.3 Å². The molecule has 96 valence electrons. The van der Waals surface area contributed by atoms with Gasteiger partial charge in [0.2, 0.25) is 10.0 Å². The molecule has 3 nitrogen and oxygen atoms in total. The van der Waals surface area contributed by atoms with Crippen LogP contribution in [0.1, 0.15) is 19.8 Å². The minimum absolute atomic E-state index is 0.141. The second kappa shape index (κ2) is 6.59. The first kappa shape index (κ1) is 14.8. The molecule has 0 bridgehead atoms. The van der Waals surface area contributed by atoms with Gasteiger partial charge in [-0.05, 0) is 38.0 Å². The Balaban J connectivity index is 2.75. The molecule has 0 spiro atoms. The van der Waals surface area contributed by atoms with Crippen LogP contribution >= 0.6 is 23.2 Å². The van der Waals surface area contributed by atoms with Crippen molar-refractivity contribution in [1.29, 1.82) is 0 Å². The zero-order valence-electron chi connectivity index (χ0n) is 9.49. The Kier molecular flexibility index (Phi) is 5.73. The molecule has 1 atom stereocenters. The summed E-state index contributed by atoms with van der Waals surface area (Å²) in [7, 11) is -3.49. The summed E-state index contributed by atoms with van der Waals surface area (Å²) in [6, 6.07) is 6.05. The third kappa shape index (κ3) is 4.84. The molecule has 0 radical (unpaired) electrons. The van der Waals surface area contributed by atoms with Crippen LogP contribution in [0, 0.1) is 0 Å². The molecule has 0 saturated heterocycles. The number of halogens is 2. The van der Waals surface area contributed by atoms with Crippen molar-refractivity contribution in [3.8, 4) is 0 Å². The molecule has 1 N–H and O–H groups in total. The Morgan fingerprint density at radius 2 is 2.12 bits per heavy atom. The van der Waals surface area contributed by atoms with Crippen molar-refractivity contribution < 1.29 is 8.42 Å². The maximum Gasteiger partial charge on any atom is 0.240 e. The van der Waals surface area contributed by atoms with Crippen molar-refractivity contribution in [2.45, 2.75) is 30.7 Å². The Bertz CT molecular complexity index is 462. The minimum atomic E-state index is -3.49. The average molecular weight is 296 g/mol. The molecular formula is C11H15Cl2NO2S. The monoisotopic (exact) mass is 295 g/mol. The van der Waals surface area contributed by atoms with Crippen LogP contribution in [0.3, 0.4) is 0 Å². The van der Waals surface area contributed by atoms with E-state index < -0.39 is 10.0 Å². The molecule has 0 heterocycles. The molecule has 0 aliphatic carbocycles. The van der Waals surface area contributed by atoms with Crippen LogP contribution in [-0.2, 0) is 10.0 Å². The third-order valence-corrected chi connectivity index (χ3v) is 4.32. The minimum Gasteiger partial charge on any atom is -0.208 e. The van der Waals surface area contributed by atoms with Gasteiger partial charge in [0.25, 0.3) is 0 Å². The van der Waals surface area contributed by atoms with Crippen LogP contribution in [0.5, 0.6) is 0 Å². The van der Waals surface area contributed by atoms with Crippen molar-refractivity contribution in [1.82, 2.24) is 4.72 Å². The molecule has 6 heteroatoms. The first-order valence-corrected chi connectivity index (χ1v) is 7.69. The summed E-state index contributed by atoms with van der Waals surface area (Å²) in [5, 5.41) is 0.404. The molecule has 0 aliphatic rings. The predicted molar refractivity (Wildman–Crippen MR) is 71.2 cm³/mol. The summed E-state index contributed by atoms with van der Waals surface area (Å²) < 4.78 is 26.5. The standard InChI is InChI=1S/C11H15Cl2NO2S/c1-9(4-3-7-12)14-17(15,16)11-6-2-5-10(13)8-11/h2,5-6,8-9,14H,3-4,7H2,1H3. The lowest BCUT2D eigenvalue weighted by molar-refractivity contribution is 0.544. The SMILES string of the molecule is CC(CCCCl)NS(=O)(=O)c1cccc(Cl)c1. The molecule has 0 fully saturated rings. The van der Waals surface area contributed by atoms with E-state index in [-0.39, 0.29) is 10.9 Å². The fraction of sp³-hybridized carbons (Fsp3) is 0.455. The summed E-state index contributed by atoms with van der Waals surface area (Å²) in [5.74, 6) is 0.531. The van der Waals surface area contributed by atoms with Gasteiger partial charge in [-0.25, -0.2) is 13.1 Å². The normalized spacial score (nSPS) is 13.6. The van der Waals surface area contributed by atoms with Crippen LogP contribution in [0.4, 0.5) is 0 Å². The van der Waals surface area contributed by atoms with E-state index in [2.05, 4.69) is 4.72 Å². The van der Waals surface area contributed by atoms with Gasteiger partial charge >= 0.3 is 0 Å². The molecule has 1 aromatic carbocycles. The molecule has 17 heavy (non-hydrogen) atoms. The van der Waals surface area contributed by atoms with Gasteiger partial charge in [-0.2, -0.15) is 0 Å². The van der Waals surface area contributed by atoms with E-state index in [0.717, 1.165) is 6.42 Å². The van der Waals surface area contributed by atoms with Gasteiger partial charge < -0.3 is 0 Å². The Morgan fingerprint density at radius 1 is 1.41 bits per heavy atom. The highest BCUT2D eigenvalue weighted by Gasteiger charge is 2.17. The maximum atomic E-state index is 12.0. The lowest BCUT2D eigenvalue weighted by Crippen LogP contribution is -2.32. The third-order valence-electron chi connectivity index (χ3n) is 2.23. The van der Waals surface area contributed by atoms with E-state index in [1.54, 1.807) is 12.1 Å². The summed E-state index contributed by atoms with van der Waals surface area (Å²) >= 11 is 11.3. The quantitative estimate of drug-likeness (QED) is 0.820. The topological polar surface area (TPSA) is 46.2 Å². The van der Waals surface area contributed by atoms with Gasteiger partial charge in [0.1, 0.15) is 0 Å². The molecule has 0 saturated carbocycles. The number of alkyl halides is 1. The van der Waals surface area contributed by atoms with Crippen molar-refractivity contribution >= 4 is 33.2 Å². The lowest BCUT2D eigenvalue weighted by atomic mass is 10.2. The van der Waals surface area contributed by atoms with Crippen molar-refractivity contribution in [2.24, 2.45) is 0 Å². The molecule has 0 aliphatic heterocycles. The van der Waals surface area contributed by atoms with E-state index in [1.165, 1.54) is 12.1 Å². The highest BCUT2D eigenvalue weighted by molar-refractivity contribution is 7.89. The zero-order chi connectivity index (χ0) is 12.9. The molecule has 1 rings (SSSR count). The molecule has 1 aromatic rings. The second-order valence-corrected chi connectivity index (χ2v) is 6.34. The van der Waals surface area contributed by atoms with Gasteiger partial charge in [0.05, 0.1) is 4.90 Å². The average Bonchev–Trinajstić information content (AvgIpc) is 2.26. The van der Waals surface area contributed by atoms with Crippen LogP contribution in [0.25, 0.3) is 0 Å². The van der Waals surface area contributed by atoms with E-state index in [1.807, 2.05) is 6.92 Å².